The van der Waals surface area contributed by atoms with Crippen LogP contribution in [0.25, 0.3) is 0 Å². The number of anilines is 1. The van der Waals surface area contributed by atoms with Gasteiger partial charge in [0.05, 0.1) is 0 Å². The number of hydrogen-bond acceptors (Lipinski definition) is 2. The van der Waals surface area contributed by atoms with Crippen molar-refractivity contribution in [1.82, 2.24) is 4.98 Å². The molecular weight excluding hydrogens is 212 g/mol. The van der Waals surface area contributed by atoms with Crippen molar-refractivity contribution in [2.45, 2.75) is 6.92 Å². The minimum atomic E-state index is -0.0487. The van der Waals surface area contributed by atoms with Gasteiger partial charge in [0, 0.05) is 18.8 Å². The van der Waals surface area contributed by atoms with E-state index in [2.05, 4.69) is 4.98 Å². The Morgan fingerprint density at radius 3 is 2.47 bits per heavy atom. The first kappa shape index (κ1) is 11.3. The summed E-state index contributed by atoms with van der Waals surface area (Å²) >= 11 is 0. The smallest absolute Gasteiger partial charge is 0.259 e. The van der Waals surface area contributed by atoms with Crippen LogP contribution >= 0.6 is 0 Å². The topological polar surface area (TPSA) is 33.2 Å². The summed E-state index contributed by atoms with van der Waals surface area (Å²) in [5.74, 6) is 0.647. The van der Waals surface area contributed by atoms with E-state index in [1.54, 1.807) is 30.3 Å². The molecule has 0 saturated carbocycles. The lowest BCUT2D eigenvalue weighted by molar-refractivity contribution is 0.0992. The number of pyridine rings is 1. The first-order valence-electron chi connectivity index (χ1n) is 5.45. The Balaban J connectivity index is 2.30. The van der Waals surface area contributed by atoms with Crippen LogP contribution in [-0.2, 0) is 0 Å². The van der Waals surface area contributed by atoms with Crippen molar-refractivity contribution in [3.8, 4) is 0 Å². The number of aromatic nitrogens is 1. The van der Waals surface area contributed by atoms with Crippen molar-refractivity contribution in [2.24, 2.45) is 0 Å². The third-order valence-corrected chi connectivity index (χ3v) is 2.62. The molecule has 1 heterocycles. The molecule has 0 unspecified atom stereocenters. The van der Waals surface area contributed by atoms with E-state index in [1.165, 1.54) is 0 Å². The van der Waals surface area contributed by atoms with E-state index in [4.69, 9.17) is 0 Å². The van der Waals surface area contributed by atoms with Gasteiger partial charge in [-0.25, -0.2) is 4.98 Å². The Labute approximate surface area is 101 Å². The normalized spacial score (nSPS) is 10.0. The van der Waals surface area contributed by atoms with Gasteiger partial charge in [-0.2, -0.15) is 0 Å². The molecule has 17 heavy (non-hydrogen) atoms. The number of carbonyl (C=O) groups excluding carboxylic acids is 1. The van der Waals surface area contributed by atoms with Gasteiger partial charge in [0.2, 0.25) is 0 Å². The van der Waals surface area contributed by atoms with Crippen molar-refractivity contribution < 1.29 is 4.79 Å². The van der Waals surface area contributed by atoms with Gasteiger partial charge in [-0.1, -0.05) is 24.3 Å². The molecule has 1 amide bonds. The van der Waals surface area contributed by atoms with Crippen LogP contribution in [0.1, 0.15) is 15.9 Å². The maximum absolute atomic E-state index is 12.2. The molecule has 0 bridgehead atoms. The van der Waals surface area contributed by atoms with E-state index < -0.39 is 0 Å². The van der Waals surface area contributed by atoms with Crippen molar-refractivity contribution in [2.75, 3.05) is 11.9 Å². The third kappa shape index (κ3) is 2.33. The SMILES string of the molecule is Cc1cccnc1N(C)C(=O)c1ccccc1. The molecule has 3 heteroatoms. The molecule has 0 aliphatic rings. The number of nitrogens with zero attached hydrogens (tertiary/aromatic N) is 2. The van der Waals surface area contributed by atoms with Crippen molar-refractivity contribution in [3.63, 3.8) is 0 Å². The Hall–Kier alpha value is -2.16. The average Bonchev–Trinajstić information content (AvgIpc) is 2.39. The van der Waals surface area contributed by atoms with Gasteiger partial charge in [0.25, 0.3) is 5.91 Å². The standard InChI is InChI=1S/C14H14N2O/c1-11-7-6-10-15-13(11)16(2)14(17)12-8-4-3-5-9-12/h3-10H,1-2H3. The molecule has 3 nitrogen and oxygen atoms in total. The predicted octanol–water partition coefficient (Wildman–Crippen LogP) is 2.67. The summed E-state index contributed by atoms with van der Waals surface area (Å²) in [5, 5.41) is 0. The van der Waals surface area contributed by atoms with Crippen LogP contribution in [0.2, 0.25) is 0 Å². The summed E-state index contributed by atoms with van der Waals surface area (Å²) < 4.78 is 0. The molecule has 2 rings (SSSR count). The zero-order chi connectivity index (χ0) is 12.3. The molecule has 86 valence electrons. The average molecular weight is 226 g/mol. The molecule has 0 fully saturated rings. The van der Waals surface area contributed by atoms with E-state index in [0.29, 0.717) is 11.4 Å². The second-order valence-electron chi connectivity index (χ2n) is 3.87. The highest BCUT2D eigenvalue weighted by Crippen LogP contribution is 2.16. The summed E-state index contributed by atoms with van der Waals surface area (Å²) in [7, 11) is 1.74. The van der Waals surface area contributed by atoms with E-state index in [0.717, 1.165) is 5.56 Å². The lowest BCUT2D eigenvalue weighted by Crippen LogP contribution is -2.27. The van der Waals surface area contributed by atoms with Gasteiger partial charge in [-0.3, -0.25) is 9.69 Å². The van der Waals surface area contributed by atoms with Crippen molar-refractivity contribution in [1.29, 1.82) is 0 Å². The van der Waals surface area contributed by atoms with Crippen LogP contribution in [0, 0.1) is 6.92 Å². The van der Waals surface area contributed by atoms with Gasteiger partial charge in [0.15, 0.2) is 0 Å². The summed E-state index contributed by atoms with van der Waals surface area (Å²) in [6.07, 6.45) is 1.69. The molecule has 0 spiro atoms. The Kier molecular flexibility index (Phi) is 3.19. The Morgan fingerprint density at radius 2 is 1.82 bits per heavy atom. The van der Waals surface area contributed by atoms with Gasteiger partial charge in [-0.05, 0) is 30.7 Å². The lowest BCUT2D eigenvalue weighted by Gasteiger charge is -2.17. The summed E-state index contributed by atoms with van der Waals surface area (Å²) in [5.41, 5.74) is 1.65. The Morgan fingerprint density at radius 1 is 1.12 bits per heavy atom. The van der Waals surface area contributed by atoms with Gasteiger partial charge < -0.3 is 0 Å². The number of carbonyl (C=O) groups is 1. The summed E-state index contributed by atoms with van der Waals surface area (Å²) in [6.45, 7) is 1.94. The molecule has 0 aliphatic carbocycles. The molecule has 0 radical (unpaired) electrons. The molecule has 1 aromatic heterocycles. The number of hydrogen-bond donors (Lipinski definition) is 0. The fourth-order valence-electron chi connectivity index (χ4n) is 1.70. The van der Waals surface area contributed by atoms with E-state index in [1.807, 2.05) is 37.3 Å². The minimum Gasteiger partial charge on any atom is -0.296 e. The van der Waals surface area contributed by atoms with Crippen LogP contribution in [0.5, 0.6) is 0 Å². The van der Waals surface area contributed by atoms with Gasteiger partial charge in [-0.15, -0.1) is 0 Å². The molecule has 0 atom stereocenters. The van der Waals surface area contributed by atoms with Crippen molar-refractivity contribution >= 4 is 11.7 Å². The summed E-state index contributed by atoms with van der Waals surface area (Å²) in [6, 6.07) is 13.0. The largest absolute Gasteiger partial charge is 0.296 e. The fraction of sp³-hybridized carbons (Fsp3) is 0.143. The molecule has 0 N–H and O–H groups in total. The first-order chi connectivity index (χ1) is 8.20. The molecule has 1 aromatic carbocycles. The second kappa shape index (κ2) is 4.78. The minimum absolute atomic E-state index is 0.0487. The summed E-state index contributed by atoms with van der Waals surface area (Å²) in [4.78, 5) is 18.0. The van der Waals surface area contributed by atoms with Crippen LogP contribution in [0.3, 0.4) is 0 Å². The van der Waals surface area contributed by atoms with E-state index in [9.17, 15) is 4.79 Å². The van der Waals surface area contributed by atoms with E-state index >= 15 is 0 Å². The monoisotopic (exact) mass is 226 g/mol. The van der Waals surface area contributed by atoms with Crippen LogP contribution in [0.4, 0.5) is 5.82 Å². The molecule has 0 aliphatic heterocycles. The maximum atomic E-state index is 12.2. The maximum Gasteiger partial charge on any atom is 0.259 e. The number of amides is 1. The molecular formula is C14H14N2O. The molecule has 2 aromatic rings. The lowest BCUT2D eigenvalue weighted by atomic mass is 10.2. The van der Waals surface area contributed by atoms with Crippen LogP contribution < -0.4 is 4.90 Å². The molecule has 0 saturated heterocycles. The number of benzene rings is 1. The number of rotatable bonds is 2. The highest BCUT2D eigenvalue weighted by Gasteiger charge is 2.15. The quantitative estimate of drug-likeness (QED) is 0.788. The third-order valence-electron chi connectivity index (χ3n) is 2.62. The first-order valence-corrected chi connectivity index (χ1v) is 5.45. The zero-order valence-corrected chi connectivity index (χ0v) is 9.92. The van der Waals surface area contributed by atoms with Gasteiger partial charge >= 0.3 is 0 Å². The fourth-order valence-corrected chi connectivity index (χ4v) is 1.70. The predicted molar refractivity (Wildman–Crippen MR) is 68.1 cm³/mol. The number of aryl methyl sites for hydroxylation is 1. The van der Waals surface area contributed by atoms with Crippen molar-refractivity contribution in [3.05, 3.63) is 59.8 Å². The highest BCUT2D eigenvalue weighted by atomic mass is 16.2. The second-order valence-corrected chi connectivity index (χ2v) is 3.87. The van der Waals surface area contributed by atoms with Crippen LogP contribution in [-0.4, -0.2) is 17.9 Å². The zero-order valence-electron chi connectivity index (χ0n) is 9.92. The van der Waals surface area contributed by atoms with Gasteiger partial charge in [0.1, 0.15) is 5.82 Å². The Bertz CT molecular complexity index is 523. The van der Waals surface area contributed by atoms with Crippen LogP contribution in [0.15, 0.2) is 48.7 Å². The van der Waals surface area contributed by atoms with E-state index in [-0.39, 0.29) is 5.91 Å². The highest BCUT2D eigenvalue weighted by molar-refractivity contribution is 6.05.